The van der Waals surface area contributed by atoms with Gasteiger partial charge in [-0.05, 0) is 25.5 Å². The van der Waals surface area contributed by atoms with Crippen LogP contribution < -0.4 is 5.32 Å². The Morgan fingerprint density at radius 3 is 2.64 bits per heavy atom. The number of hydrogen-bond donors (Lipinski definition) is 1. The molecule has 0 aliphatic carbocycles. The lowest BCUT2D eigenvalue weighted by molar-refractivity contribution is -0.149. The van der Waals surface area contributed by atoms with Crippen molar-refractivity contribution in [2.24, 2.45) is 0 Å². The van der Waals surface area contributed by atoms with Crippen LogP contribution in [-0.2, 0) is 19.1 Å². The van der Waals surface area contributed by atoms with Crippen molar-refractivity contribution in [3.8, 4) is 0 Å². The number of carbonyl (C=O) groups is 3. The number of likely N-dealkylation sites (tertiary alicyclic amines) is 1. The predicted octanol–water partition coefficient (Wildman–Crippen LogP) is 1.57. The second kappa shape index (κ2) is 7.59. The van der Waals surface area contributed by atoms with Crippen molar-refractivity contribution in [1.29, 1.82) is 0 Å². The van der Waals surface area contributed by atoms with Crippen LogP contribution in [0.4, 0.5) is 5.69 Å². The molecule has 22 heavy (non-hydrogen) atoms. The number of nitrogens with zero attached hydrogens (tertiary/aromatic N) is 1. The summed E-state index contributed by atoms with van der Waals surface area (Å²) in [5.41, 5.74) is 0.723. The molecule has 0 aromatic heterocycles. The molecular weight excluding hydrogens is 284 g/mol. The molecule has 0 bridgehead atoms. The molecule has 0 spiro atoms. The minimum Gasteiger partial charge on any atom is -0.464 e. The Hall–Kier alpha value is -2.37. The second-order valence-corrected chi connectivity index (χ2v) is 5.06. The van der Waals surface area contributed by atoms with E-state index in [0.29, 0.717) is 19.4 Å². The summed E-state index contributed by atoms with van der Waals surface area (Å²) in [7, 11) is 0. The number of anilines is 1. The molecule has 1 saturated heterocycles. The number of esters is 1. The molecule has 0 saturated carbocycles. The smallest absolute Gasteiger partial charge is 0.329 e. The fraction of sp³-hybridized carbons (Fsp3) is 0.438. The number of carbonyl (C=O) groups excluding carboxylic acids is 3. The molecule has 118 valence electrons. The molecule has 6 nitrogen and oxygen atoms in total. The summed E-state index contributed by atoms with van der Waals surface area (Å²) < 4.78 is 5.01. The third-order valence-corrected chi connectivity index (χ3v) is 3.44. The van der Waals surface area contributed by atoms with Crippen molar-refractivity contribution in [3.63, 3.8) is 0 Å². The lowest BCUT2D eigenvalue weighted by Crippen LogP contribution is -2.40. The number of rotatable bonds is 6. The van der Waals surface area contributed by atoms with E-state index in [4.69, 9.17) is 4.74 Å². The molecule has 1 aromatic rings. The largest absolute Gasteiger partial charge is 0.464 e. The van der Waals surface area contributed by atoms with E-state index in [-0.39, 0.29) is 24.8 Å². The molecule has 1 atom stereocenters. The second-order valence-electron chi connectivity index (χ2n) is 5.06. The first kappa shape index (κ1) is 16.0. The average molecular weight is 304 g/mol. The average Bonchev–Trinajstić information content (AvgIpc) is 2.94. The molecule has 0 unspecified atom stereocenters. The third kappa shape index (κ3) is 4.07. The molecular formula is C16H20N2O4. The number of amides is 2. The number of benzene rings is 1. The Morgan fingerprint density at radius 2 is 2.05 bits per heavy atom. The van der Waals surface area contributed by atoms with Gasteiger partial charge >= 0.3 is 5.97 Å². The summed E-state index contributed by atoms with van der Waals surface area (Å²) in [4.78, 5) is 37.1. The van der Waals surface area contributed by atoms with Crippen molar-refractivity contribution in [1.82, 2.24) is 4.90 Å². The number of para-hydroxylation sites is 1. The van der Waals surface area contributed by atoms with Crippen LogP contribution in [0.2, 0.25) is 0 Å². The molecule has 2 rings (SSSR count). The Bertz CT molecular complexity index is 544. The summed E-state index contributed by atoms with van der Waals surface area (Å²) >= 11 is 0. The highest BCUT2D eigenvalue weighted by Crippen LogP contribution is 2.15. The first-order valence-electron chi connectivity index (χ1n) is 7.43. The van der Waals surface area contributed by atoms with Gasteiger partial charge in [-0.3, -0.25) is 14.5 Å². The Morgan fingerprint density at radius 1 is 1.32 bits per heavy atom. The van der Waals surface area contributed by atoms with Crippen molar-refractivity contribution in [2.45, 2.75) is 32.2 Å². The fourth-order valence-corrected chi connectivity index (χ4v) is 2.37. The molecule has 1 fully saturated rings. The topological polar surface area (TPSA) is 75.7 Å². The monoisotopic (exact) mass is 304 g/mol. The molecule has 1 N–H and O–H groups in total. The molecule has 0 radical (unpaired) electrons. The number of ether oxygens (including phenoxy) is 1. The van der Waals surface area contributed by atoms with E-state index >= 15 is 0 Å². The van der Waals surface area contributed by atoms with Crippen LogP contribution in [0.25, 0.3) is 0 Å². The van der Waals surface area contributed by atoms with Gasteiger partial charge in [-0.15, -0.1) is 0 Å². The maximum absolute atomic E-state index is 12.2. The van der Waals surface area contributed by atoms with Gasteiger partial charge in [-0.1, -0.05) is 18.2 Å². The van der Waals surface area contributed by atoms with Gasteiger partial charge in [0.1, 0.15) is 6.04 Å². The quantitative estimate of drug-likeness (QED) is 0.807. The summed E-state index contributed by atoms with van der Waals surface area (Å²) in [6.45, 7) is 2.38. The summed E-state index contributed by atoms with van der Waals surface area (Å²) in [6.07, 6.45) is 0.974. The maximum Gasteiger partial charge on any atom is 0.329 e. The van der Waals surface area contributed by atoms with E-state index in [9.17, 15) is 14.4 Å². The van der Waals surface area contributed by atoms with Gasteiger partial charge < -0.3 is 10.1 Å². The van der Waals surface area contributed by atoms with Crippen LogP contribution in [0.5, 0.6) is 0 Å². The van der Waals surface area contributed by atoms with Crippen LogP contribution >= 0.6 is 0 Å². The lowest BCUT2D eigenvalue weighted by atomic mass is 10.1. The Kier molecular flexibility index (Phi) is 5.52. The first-order chi connectivity index (χ1) is 10.6. The molecule has 1 aliphatic rings. The van der Waals surface area contributed by atoms with Crippen LogP contribution in [-0.4, -0.2) is 41.9 Å². The van der Waals surface area contributed by atoms with Crippen molar-refractivity contribution >= 4 is 23.5 Å². The van der Waals surface area contributed by atoms with Gasteiger partial charge in [0, 0.05) is 18.7 Å². The van der Waals surface area contributed by atoms with E-state index in [0.717, 1.165) is 5.69 Å². The van der Waals surface area contributed by atoms with E-state index in [1.165, 1.54) is 4.90 Å². The SMILES string of the molecule is CCOC(=O)[C@H](CC(=O)N1CCCC1=O)Nc1ccccc1. The summed E-state index contributed by atoms with van der Waals surface area (Å²) in [6, 6.07) is 8.32. The Balaban J connectivity index is 2.05. The zero-order valence-corrected chi connectivity index (χ0v) is 12.6. The van der Waals surface area contributed by atoms with Gasteiger partial charge in [-0.2, -0.15) is 0 Å². The molecule has 1 aliphatic heterocycles. The van der Waals surface area contributed by atoms with Crippen LogP contribution in [0.1, 0.15) is 26.2 Å². The summed E-state index contributed by atoms with van der Waals surface area (Å²) in [5, 5.41) is 3.00. The van der Waals surface area contributed by atoms with E-state index in [2.05, 4.69) is 5.32 Å². The molecule has 2 amide bonds. The first-order valence-corrected chi connectivity index (χ1v) is 7.43. The highest BCUT2D eigenvalue weighted by Gasteiger charge is 2.31. The van der Waals surface area contributed by atoms with Crippen LogP contribution in [0, 0.1) is 0 Å². The predicted molar refractivity (Wildman–Crippen MR) is 81.1 cm³/mol. The van der Waals surface area contributed by atoms with Gasteiger partial charge in [0.25, 0.3) is 0 Å². The van der Waals surface area contributed by atoms with Gasteiger partial charge in [0.05, 0.1) is 13.0 Å². The van der Waals surface area contributed by atoms with Crippen molar-refractivity contribution < 1.29 is 19.1 Å². The minimum atomic E-state index is -0.803. The van der Waals surface area contributed by atoms with Gasteiger partial charge in [0.2, 0.25) is 11.8 Å². The zero-order chi connectivity index (χ0) is 15.9. The number of hydrogen-bond acceptors (Lipinski definition) is 5. The molecule has 6 heteroatoms. The van der Waals surface area contributed by atoms with E-state index in [1.54, 1.807) is 19.1 Å². The van der Waals surface area contributed by atoms with Gasteiger partial charge in [0.15, 0.2) is 0 Å². The third-order valence-electron chi connectivity index (χ3n) is 3.44. The summed E-state index contributed by atoms with van der Waals surface area (Å²) in [5.74, 6) is -1.01. The minimum absolute atomic E-state index is 0.0978. The van der Waals surface area contributed by atoms with E-state index in [1.807, 2.05) is 18.2 Å². The highest BCUT2D eigenvalue weighted by molar-refractivity contribution is 5.98. The number of imide groups is 1. The highest BCUT2D eigenvalue weighted by atomic mass is 16.5. The lowest BCUT2D eigenvalue weighted by Gasteiger charge is -2.20. The van der Waals surface area contributed by atoms with Crippen LogP contribution in [0.3, 0.4) is 0 Å². The fourth-order valence-electron chi connectivity index (χ4n) is 2.37. The Labute approximate surface area is 129 Å². The maximum atomic E-state index is 12.2. The number of nitrogens with one attached hydrogen (secondary N) is 1. The molecule has 1 aromatic carbocycles. The van der Waals surface area contributed by atoms with E-state index < -0.39 is 12.0 Å². The zero-order valence-electron chi connectivity index (χ0n) is 12.6. The van der Waals surface area contributed by atoms with Crippen molar-refractivity contribution in [2.75, 3.05) is 18.5 Å². The molecule has 1 heterocycles. The standard InChI is InChI=1S/C16H20N2O4/c1-2-22-16(21)13(17-12-7-4-3-5-8-12)11-15(20)18-10-6-9-14(18)19/h3-5,7-8,13,17H,2,6,9-11H2,1H3/t13-/m0/s1. The van der Waals surface area contributed by atoms with Gasteiger partial charge in [-0.25, -0.2) is 4.79 Å². The van der Waals surface area contributed by atoms with Crippen molar-refractivity contribution in [3.05, 3.63) is 30.3 Å². The van der Waals surface area contributed by atoms with Crippen LogP contribution in [0.15, 0.2) is 30.3 Å². The normalized spacial score (nSPS) is 15.5.